The van der Waals surface area contributed by atoms with Crippen LogP contribution in [0.25, 0.3) is 71.3 Å². The maximum atomic E-state index is 2.51. The average Bonchev–Trinajstić information content (AvgIpc) is 3.91. The summed E-state index contributed by atoms with van der Waals surface area (Å²) in [5.74, 6) is 0. The quantitative estimate of drug-likeness (QED) is 0.163. The van der Waals surface area contributed by atoms with Gasteiger partial charge in [-0.25, -0.2) is 0 Å². The third-order valence-electron chi connectivity index (χ3n) is 13.2. The van der Waals surface area contributed by atoms with E-state index in [4.69, 9.17) is 0 Å². The van der Waals surface area contributed by atoms with Crippen LogP contribution >= 0.6 is 0 Å². The summed E-state index contributed by atoms with van der Waals surface area (Å²) in [6, 6.07) is 81.2. The van der Waals surface area contributed by atoms with Gasteiger partial charge in [-0.1, -0.05) is 164 Å². The highest BCUT2D eigenvalue weighted by molar-refractivity contribution is 6.15. The van der Waals surface area contributed by atoms with Crippen LogP contribution in [0.5, 0.6) is 0 Å². The fourth-order valence-corrected chi connectivity index (χ4v) is 10.8. The molecule has 1 aromatic heterocycles. The largest absolute Gasteiger partial charge is 0.310 e. The zero-order valence-corrected chi connectivity index (χ0v) is 32.2. The van der Waals surface area contributed by atoms with Gasteiger partial charge in [0, 0.05) is 33.2 Å². The Bertz CT molecular complexity index is 3420. The summed E-state index contributed by atoms with van der Waals surface area (Å²) < 4.78 is 2.46. The molecule has 0 saturated carbocycles. The molecule has 2 aliphatic rings. The summed E-state index contributed by atoms with van der Waals surface area (Å²) in [7, 11) is 0. The number of anilines is 3. The van der Waals surface area contributed by atoms with Crippen molar-refractivity contribution in [1.82, 2.24) is 4.57 Å². The number of hydrogen-bond donors (Lipinski definition) is 0. The Morgan fingerprint density at radius 3 is 1.53 bits per heavy atom. The summed E-state index contributed by atoms with van der Waals surface area (Å²) in [5.41, 5.74) is 17.0. The monoisotopic (exact) mass is 748 g/mol. The van der Waals surface area contributed by atoms with Gasteiger partial charge in [0.25, 0.3) is 0 Å². The first-order valence-corrected chi connectivity index (χ1v) is 20.5. The third kappa shape index (κ3) is 4.35. The van der Waals surface area contributed by atoms with E-state index in [1.807, 2.05) is 0 Å². The predicted molar refractivity (Wildman–Crippen MR) is 247 cm³/mol. The second kappa shape index (κ2) is 12.2. The molecular weight excluding hydrogens is 713 g/mol. The molecule has 0 amide bonds. The summed E-state index contributed by atoms with van der Waals surface area (Å²) in [4.78, 5) is 2.47. The fourth-order valence-electron chi connectivity index (χ4n) is 10.8. The lowest BCUT2D eigenvalue weighted by atomic mass is 9.70. The summed E-state index contributed by atoms with van der Waals surface area (Å²) in [6.07, 6.45) is 0. The number of hydrogen-bond acceptors (Lipinski definition) is 1. The van der Waals surface area contributed by atoms with Gasteiger partial charge in [-0.15, -0.1) is 0 Å². The number of para-hydroxylation sites is 3. The predicted octanol–water partition coefficient (Wildman–Crippen LogP) is 14.9. The average molecular weight is 749 g/mol. The van der Waals surface area contributed by atoms with Crippen molar-refractivity contribution >= 4 is 60.4 Å². The van der Waals surface area contributed by atoms with Gasteiger partial charge in [0.1, 0.15) is 0 Å². The van der Waals surface area contributed by atoms with Gasteiger partial charge in [0.15, 0.2) is 0 Å². The number of nitrogens with zero attached hydrogens (tertiary/aromatic N) is 2. The van der Waals surface area contributed by atoms with Gasteiger partial charge in [-0.2, -0.15) is 0 Å². The van der Waals surface area contributed by atoms with E-state index < -0.39 is 5.41 Å². The molecular formula is C57H36N2. The normalized spacial score (nSPS) is 13.2. The molecule has 0 radical (unpaired) electrons. The van der Waals surface area contributed by atoms with Crippen LogP contribution in [0.3, 0.4) is 0 Å². The molecule has 2 nitrogen and oxygen atoms in total. The minimum atomic E-state index is -0.531. The Hall–Kier alpha value is -7.68. The standard InChI is InChI=1S/C57H36N2/c1-2-17-38(18-3-1)58(56-34-37-16-4-5-19-41(37)42-20-6-7-23-47(42)56)39-30-32-45-46-33-31-40(59-54-28-14-10-24-48(54)49-25-11-15-29-55(49)59)36-53(46)57(52(45)35-39)50-26-12-8-21-43(50)44-22-9-13-27-51(44)57/h1-36H. The molecule has 0 bridgehead atoms. The second-order valence-corrected chi connectivity index (χ2v) is 16.0. The van der Waals surface area contributed by atoms with Crippen LogP contribution < -0.4 is 4.90 Å². The third-order valence-corrected chi connectivity index (χ3v) is 13.2. The molecule has 0 N–H and O–H groups in total. The van der Waals surface area contributed by atoms with Crippen LogP contribution in [-0.2, 0) is 5.41 Å². The maximum absolute atomic E-state index is 2.51. The summed E-state index contributed by atoms with van der Waals surface area (Å²) in [5, 5.41) is 7.50. The van der Waals surface area contributed by atoms with E-state index in [1.54, 1.807) is 0 Å². The van der Waals surface area contributed by atoms with Gasteiger partial charge in [-0.3, -0.25) is 0 Å². The van der Waals surface area contributed by atoms with Crippen molar-refractivity contribution in [2.75, 3.05) is 4.90 Å². The van der Waals surface area contributed by atoms with Crippen molar-refractivity contribution in [3.8, 4) is 27.9 Å². The Morgan fingerprint density at radius 2 is 0.831 bits per heavy atom. The molecule has 1 spiro atoms. The number of benzene rings is 10. The molecule has 13 rings (SSSR count). The van der Waals surface area contributed by atoms with Gasteiger partial charge in [-0.05, 0) is 115 Å². The molecule has 2 aliphatic carbocycles. The topological polar surface area (TPSA) is 8.17 Å². The first-order valence-electron chi connectivity index (χ1n) is 20.5. The molecule has 59 heavy (non-hydrogen) atoms. The van der Waals surface area contributed by atoms with Gasteiger partial charge in [0.2, 0.25) is 0 Å². The van der Waals surface area contributed by atoms with E-state index in [9.17, 15) is 0 Å². The Balaban J connectivity index is 1.12. The summed E-state index contributed by atoms with van der Waals surface area (Å²) in [6.45, 7) is 0. The first kappa shape index (κ1) is 32.4. The van der Waals surface area contributed by atoms with E-state index in [-0.39, 0.29) is 0 Å². The van der Waals surface area contributed by atoms with Crippen molar-refractivity contribution in [3.05, 3.63) is 241 Å². The van der Waals surface area contributed by atoms with Gasteiger partial charge < -0.3 is 9.47 Å². The van der Waals surface area contributed by atoms with Gasteiger partial charge >= 0.3 is 0 Å². The molecule has 2 heteroatoms. The Labute approximate surface area is 342 Å². The van der Waals surface area contributed by atoms with E-state index in [0.717, 1.165) is 17.1 Å². The second-order valence-electron chi connectivity index (χ2n) is 16.0. The number of aromatic nitrogens is 1. The molecule has 0 unspecified atom stereocenters. The molecule has 0 fully saturated rings. The zero-order valence-electron chi connectivity index (χ0n) is 32.2. The van der Waals surface area contributed by atoms with Crippen LogP contribution in [0.2, 0.25) is 0 Å². The molecule has 0 atom stereocenters. The zero-order chi connectivity index (χ0) is 38.7. The van der Waals surface area contributed by atoms with Crippen molar-refractivity contribution < 1.29 is 0 Å². The summed E-state index contributed by atoms with van der Waals surface area (Å²) >= 11 is 0. The number of fused-ring (bicyclic) bond motifs is 16. The highest BCUT2D eigenvalue weighted by atomic mass is 15.1. The van der Waals surface area contributed by atoms with Crippen LogP contribution in [0, 0.1) is 0 Å². The van der Waals surface area contributed by atoms with Gasteiger partial charge in [0.05, 0.1) is 22.1 Å². The van der Waals surface area contributed by atoms with Crippen molar-refractivity contribution in [2.24, 2.45) is 0 Å². The molecule has 10 aromatic carbocycles. The highest BCUT2D eigenvalue weighted by Gasteiger charge is 2.52. The number of rotatable bonds is 4. The molecule has 11 aromatic rings. The van der Waals surface area contributed by atoms with Crippen LogP contribution in [0.15, 0.2) is 218 Å². The van der Waals surface area contributed by atoms with E-state index in [1.165, 1.54) is 93.5 Å². The molecule has 274 valence electrons. The lowest BCUT2D eigenvalue weighted by molar-refractivity contribution is 0.792. The molecule has 1 heterocycles. The van der Waals surface area contributed by atoms with E-state index in [2.05, 4.69) is 228 Å². The SMILES string of the molecule is c1ccc(N(c2ccc3c(c2)C2(c4ccccc4-c4ccccc42)c2cc(-n4c5ccccc5c5ccccc54)ccc2-3)c2cc3ccccc3c3ccccc23)cc1. The lowest BCUT2D eigenvalue weighted by Crippen LogP contribution is -2.26. The van der Waals surface area contributed by atoms with Crippen LogP contribution in [0.4, 0.5) is 17.1 Å². The minimum absolute atomic E-state index is 0.531. The van der Waals surface area contributed by atoms with Crippen molar-refractivity contribution in [1.29, 1.82) is 0 Å². The van der Waals surface area contributed by atoms with Crippen molar-refractivity contribution in [2.45, 2.75) is 5.41 Å². The first-order chi connectivity index (χ1) is 29.3. The molecule has 0 saturated heterocycles. The van der Waals surface area contributed by atoms with Crippen LogP contribution in [-0.4, -0.2) is 4.57 Å². The van der Waals surface area contributed by atoms with Crippen molar-refractivity contribution in [3.63, 3.8) is 0 Å². The Morgan fingerprint density at radius 1 is 0.322 bits per heavy atom. The maximum Gasteiger partial charge on any atom is 0.0727 e. The fraction of sp³-hybridized carbons (Fsp3) is 0.0175. The molecule has 0 aliphatic heterocycles. The lowest BCUT2D eigenvalue weighted by Gasteiger charge is -2.33. The van der Waals surface area contributed by atoms with Crippen LogP contribution in [0.1, 0.15) is 22.3 Å². The highest BCUT2D eigenvalue weighted by Crippen LogP contribution is 2.63. The minimum Gasteiger partial charge on any atom is -0.310 e. The van der Waals surface area contributed by atoms with E-state index in [0.29, 0.717) is 0 Å². The van der Waals surface area contributed by atoms with E-state index >= 15 is 0 Å². The Kier molecular flexibility index (Phi) is 6.68. The smallest absolute Gasteiger partial charge is 0.0727 e.